The summed E-state index contributed by atoms with van der Waals surface area (Å²) in [5.74, 6) is 0.327. The maximum absolute atomic E-state index is 12.8. The molecule has 0 aliphatic carbocycles. The van der Waals surface area contributed by atoms with Crippen LogP contribution < -0.4 is 15.4 Å². The molecule has 0 bridgehead atoms. The molecule has 0 saturated carbocycles. The van der Waals surface area contributed by atoms with Crippen LogP contribution in [0.15, 0.2) is 24.3 Å². The van der Waals surface area contributed by atoms with Crippen molar-refractivity contribution in [3.8, 4) is 5.75 Å². The van der Waals surface area contributed by atoms with Crippen LogP contribution in [-0.2, 0) is 14.6 Å². The lowest BCUT2D eigenvalue weighted by molar-refractivity contribution is -0.125. The molecule has 2 aliphatic heterocycles. The van der Waals surface area contributed by atoms with Gasteiger partial charge in [-0.3, -0.25) is 4.79 Å². The lowest BCUT2D eigenvalue weighted by Crippen LogP contribution is -2.57. The second-order valence-corrected chi connectivity index (χ2v) is 8.22. The van der Waals surface area contributed by atoms with Crippen molar-refractivity contribution in [3.05, 3.63) is 29.8 Å². The summed E-state index contributed by atoms with van der Waals surface area (Å²) in [5, 5.41) is 5.99. The molecule has 1 fully saturated rings. The number of piperidine rings is 1. The number of carbonyl (C=O) groups excluding carboxylic acids is 1. The highest BCUT2D eigenvalue weighted by Crippen LogP contribution is 2.34. The third-order valence-electron chi connectivity index (χ3n) is 4.54. The van der Waals surface area contributed by atoms with Gasteiger partial charge in [-0.15, -0.1) is 0 Å². The third kappa shape index (κ3) is 2.48. The normalized spacial score (nSPS) is 23.4. The van der Waals surface area contributed by atoms with Gasteiger partial charge in [0.1, 0.15) is 12.4 Å². The Morgan fingerprint density at radius 1 is 1.32 bits per heavy atom. The quantitative estimate of drug-likeness (QED) is 0.841. The largest absolute Gasteiger partial charge is 0.491 e. The zero-order valence-electron chi connectivity index (χ0n) is 12.5. The molecule has 0 aromatic heterocycles. The number of hydrogen-bond acceptors (Lipinski definition) is 5. The minimum absolute atomic E-state index is 0.294. The van der Waals surface area contributed by atoms with E-state index in [1.165, 1.54) is 0 Å². The molecule has 1 aromatic rings. The average Bonchev–Trinajstić information content (AvgIpc) is 2.90. The molecule has 1 unspecified atom stereocenters. The van der Waals surface area contributed by atoms with Crippen LogP contribution in [0.5, 0.6) is 5.75 Å². The zero-order valence-corrected chi connectivity index (χ0v) is 13.3. The fourth-order valence-corrected chi connectivity index (χ4v) is 4.51. The molecule has 2 aliphatic rings. The van der Waals surface area contributed by atoms with Crippen LogP contribution in [0.2, 0.25) is 0 Å². The fraction of sp³-hybridized carbons (Fsp3) is 0.533. The summed E-state index contributed by atoms with van der Waals surface area (Å²) >= 11 is 0. The van der Waals surface area contributed by atoms with Crippen molar-refractivity contribution in [2.24, 2.45) is 0 Å². The number of ether oxygens (including phenoxy) is 1. The van der Waals surface area contributed by atoms with E-state index in [-0.39, 0.29) is 6.04 Å². The smallest absolute Gasteiger partial charge is 0.242 e. The van der Waals surface area contributed by atoms with Gasteiger partial charge in [0, 0.05) is 11.8 Å². The van der Waals surface area contributed by atoms with Crippen molar-refractivity contribution >= 4 is 15.7 Å². The zero-order chi connectivity index (χ0) is 15.8. The Kier molecular flexibility index (Phi) is 3.86. The predicted octanol–water partition coefficient (Wildman–Crippen LogP) is 0.403. The number of para-hydroxylation sites is 1. The Morgan fingerprint density at radius 3 is 2.68 bits per heavy atom. The maximum atomic E-state index is 12.8. The molecular weight excluding hydrogens is 304 g/mol. The van der Waals surface area contributed by atoms with Gasteiger partial charge in [-0.1, -0.05) is 18.2 Å². The standard InChI is InChI=1S/C15H20N2O4S/c1-22(19,20)15(6-8-16-9-7-15)14(18)17-12-10-21-13-5-3-2-4-11(12)13/h2-5,12,16H,6-10H2,1H3,(H,17,18). The Labute approximate surface area is 130 Å². The van der Waals surface area contributed by atoms with Crippen molar-refractivity contribution in [2.45, 2.75) is 23.6 Å². The fourth-order valence-electron chi connectivity index (χ4n) is 3.17. The van der Waals surface area contributed by atoms with Crippen LogP contribution in [0.25, 0.3) is 0 Å². The van der Waals surface area contributed by atoms with E-state index in [0.717, 1.165) is 17.6 Å². The summed E-state index contributed by atoms with van der Waals surface area (Å²) in [7, 11) is -3.50. The van der Waals surface area contributed by atoms with Gasteiger partial charge in [-0.05, 0) is 32.0 Å². The highest BCUT2D eigenvalue weighted by Gasteiger charge is 2.49. The molecular formula is C15H20N2O4S. The lowest BCUT2D eigenvalue weighted by atomic mass is 9.95. The summed E-state index contributed by atoms with van der Waals surface area (Å²) < 4.78 is 28.7. The van der Waals surface area contributed by atoms with Gasteiger partial charge in [0.05, 0.1) is 6.04 Å². The molecule has 3 rings (SSSR count). The van der Waals surface area contributed by atoms with Gasteiger partial charge in [-0.25, -0.2) is 8.42 Å². The first-order chi connectivity index (χ1) is 10.4. The van der Waals surface area contributed by atoms with E-state index in [4.69, 9.17) is 4.74 Å². The summed E-state index contributed by atoms with van der Waals surface area (Å²) in [5.41, 5.74) is 0.897. The number of sulfone groups is 1. The average molecular weight is 324 g/mol. The van der Waals surface area contributed by atoms with E-state index in [1.54, 1.807) is 0 Å². The Hall–Kier alpha value is -1.60. The van der Waals surface area contributed by atoms with Crippen molar-refractivity contribution in [3.63, 3.8) is 0 Å². The summed E-state index contributed by atoms with van der Waals surface area (Å²) in [4.78, 5) is 12.8. The van der Waals surface area contributed by atoms with Crippen LogP contribution in [0.4, 0.5) is 0 Å². The van der Waals surface area contributed by atoms with Crippen molar-refractivity contribution < 1.29 is 17.9 Å². The molecule has 2 heterocycles. The molecule has 1 atom stereocenters. The number of rotatable bonds is 3. The van der Waals surface area contributed by atoms with Gasteiger partial charge < -0.3 is 15.4 Å². The predicted molar refractivity (Wildman–Crippen MR) is 82.5 cm³/mol. The minimum Gasteiger partial charge on any atom is -0.491 e. The first-order valence-corrected chi connectivity index (χ1v) is 9.26. The molecule has 2 N–H and O–H groups in total. The van der Waals surface area contributed by atoms with Crippen LogP contribution in [0.3, 0.4) is 0 Å². The highest BCUT2D eigenvalue weighted by molar-refractivity contribution is 7.92. The number of carbonyl (C=O) groups is 1. The number of hydrogen-bond donors (Lipinski definition) is 2. The minimum atomic E-state index is -3.50. The molecule has 1 aromatic carbocycles. The van der Waals surface area contributed by atoms with Gasteiger partial charge >= 0.3 is 0 Å². The van der Waals surface area contributed by atoms with Crippen molar-refractivity contribution in [1.29, 1.82) is 0 Å². The molecule has 0 radical (unpaired) electrons. The van der Waals surface area contributed by atoms with E-state index in [9.17, 15) is 13.2 Å². The number of benzene rings is 1. The Morgan fingerprint density at radius 2 is 2.00 bits per heavy atom. The van der Waals surface area contributed by atoms with Crippen molar-refractivity contribution in [2.75, 3.05) is 26.0 Å². The second kappa shape index (κ2) is 5.55. The van der Waals surface area contributed by atoms with Crippen LogP contribution in [-0.4, -0.2) is 45.0 Å². The molecule has 120 valence electrons. The van der Waals surface area contributed by atoms with Crippen LogP contribution in [0.1, 0.15) is 24.4 Å². The lowest BCUT2D eigenvalue weighted by Gasteiger charge is -2.35. The monoisotopic (exact) mass is 324 g/mol. The summed E-state index contributed by atoms with van der Waals surface area (Å²) in [6.45, 7) is 1.39. The van der Waals surface area contributed by atoms with E-state index in [0.29, 0.717) is 32.5 Å². The van der Waals surface area contributed by atoms with Crippen molar-refractivity contribution in [1.82, 2.24) is 10.6 Å². The summed E-state index contributed by atoms with van der Waals surface area (Å²) in [6.07, 6.45) is 1.75. The number of fused-ring (bicyclic) bond motifs is 1. The Balaban J connectivity index is 1.84. The SMILES string of the molecule is CS(=O)(=O)C1(C(=O)NC2COc3ccccc32)CCNCC1. The van der Waals surface area contributed by atoms with E-state index in [2.05, 4.69) is 10.6 Å². The highest BCUT2D eigenvalue weighted by atomic mass is 32.2. The number of nitrogens with one attached hydrogen (secondary N) is 2. The first kappa shape index (κ1) is 15.3. The van der Waals surface area contributed by atoms with Gasteiger partial charge in [-0.2, -0.15) is 0 Å². The van der Waals surface area contributed by atoms with Gasteiger partial charge in [0.25, 0.3) is 0 Å². The van der Waals surface area contributed by atoms with Crippen LogP contribution in [0, 0.1) is 0 Å². The molecule has 6 nitrogen and oxygen atoms in total. The maximum Gasteiger partial charge on any atom is 0.242 e. The van der Waals surface area contributed by atoms with E-state index >= 15 is 0 Å². The first-order valence-electron chi connectivity index (χ1n) is 7.37. The summed E-state index contributed by atoms with van der Waals surface area (Å²) in [6, 6.07) is 7.19. The van der Waals surface area contributed by atoms with E-state index < -0.39 is 20.5 Å². The number of amides is 1. The van der Waals surface area contributed by atoms with Crippen LogP contribution >= 0.6 is 0 Å². The molecule has 1 amide bonds. The topological polar surface area (TPSA) is 84.5 Å². The molecule has 22 heavy (non-hydrogen) atoms. The van der Waals surface area contributed by atoms with E-state index in [1.807, 2.05) is 24.3 Å². The molecule has 0 spiro atoms. The molecule has 7 heteroatoms. The molecule has 1 saturated heterocycles. The van der Waals surface area contributed by atoms with Gasteiger partial charge in [0.15, 0.2) is 14.6 Å². The second-order valence-electron chi connectivity index (χ2n) is 5.89. The van der Waals surface area contributed by atoms with Gasteiger partial charge in [0.2, 0.25) is 5.91 Å². The Bertz CT molecular complexity index is 681. The third-order valence-corrected chi connectivity index (χ3v) is 6.55.